The maximum atomic E-state index is 13.1. The molecule has 0 bridgehead atoms. The fraction of sp³-hybridized carbons (Fsp3) is 0.192. The van der Waals surface area contributed by atoms with Crippen LogP contribution in [0.1, 0.15) is 33.7 Å². The smallest absolute Gasteiger partial charge is 0.290 e. The lowest BCUT2D eigenvalue weighted by Gasteiger charge is -2.31. The van der Waals surface area contributed by atoms with Gasteiger partial charge in [-0.3, -0.25) is 30.0 Å². The number of aromatic amines is 1. The molecule has 4 aromatic rings. The summed E-state index contributed by atoms with van der Waals surface area (Å²) < 4.78 is 0. The van der Waals surface area contributed by atoms with Crippen molar-refractivity contribution in [3.05, 3.63) is 88.3 Å². The molecule has 0 unspecified atom stereocenters. The van der Waals surface area contributed by atoms with Gasteiger partial charge in [0.2, 0.25) is 5.91 Å². The zero-order chi connectivity index (χ0) is 24.4. The van der Waals surface area contributed by atoms with E-state index in [2.05, 4.69) is 21.0 Å². The van der Waals surface area contributed by atoms with Gasteiger partial charge < -0.3 is 4.90 Å². The van der Waals surface area contributed by atoms with E-state index >= 15 is 0 Å². The van der Waals surface area contributed by atoms with Gasteiger partial charge in [-0.25, -0.2) is 5.10 Å². The molecule has 0 atom stereocenters. The number of nitrogens with zero attached hydrogens (tertiary/aromatic N) is 2. The van der Waals surface area contributed by atoms with Gasteiger partial charge in [0.15, 0.2) is 5.69 Å². The van der Waals surface area contributed by atoms with Crippen molar-refractivity contribution in [1.82, 2.24) is 25.9 Å². The van der Waals surface area contributed by atoms with E-state index in [9.17, 15) is 19.2 Å². The minimum Gasteiger partial charge on any atom is -0.339 e. The summed E-state index contributed by atoms with van der Waals surface area (Å²) in [6.07, 6.45) is 0.968. The van der Waals surface area contributed by atoms with Crippen LogP contribution < -0.4 is 16.4 Å². The molecule has 1 aliphatic rings. The summed E-state index contributed by atoms with van der Waals surface area (Å²) in [6.45, 7) is 0.889. The second kappa shape index (κ2) is 9.38. The van der Waals surface area contributed by atoms with Crippen LogP contribution in [0.3, 0.4) is 0 Å². The molecule has 1 aliphatic heterocycles. The highest BCUT2D eigenvalue weighted by atomic mass is 16.2. The minimum absolute atomic E-state index is 0.0102. The molecular weight excluding hydrogens is 446 g/mol. The highest BCUT2D eigenvalue weighted by molar-refractivity contribution is 6.07. The van der Waals surface area contributed by atoms with Crippen LogP contribution in [-0.2, 0) is 4.79 Å². The summed E-state index contributed by atoms with van der Waals surface area (Å²) in [5, 5.41) is 8.77. The standard InChI is InChI=1S/C26H23N5O4/c32-23(28-30-25(34)22-19-9-3-4-10-20(19)24(33)29-27-22)17-12-14-31(15-13-17)26(35)21-11-5-7-16-6-1-2-8-18(16)21/h1-11,17H,12-15H2,(H,28,32)(H,29,33)(H,30,34). The summed E-state index contributed by atoms with van der Waals surface area (Å²) in [4.78, 5) is 52.1. The monoisotopic (exact) mass is 469 g/mol. The van der Waals surface area contributed by atoms with Crippen LogP contribution in [-0.4, -0.2) is 45.9 Å². The van der Waals surface area contributed by atoms with E-state index in [0.29, 0.717) is 42.3 Å². The number of H-pyrrole nitrogens is 1. The number of benzene rings is 3. The number of piperidine rings is 1. The first-order chi connectivity index (χ1) is 17.0. The predicted molar refractivity (Wildman–Crippen MR) is 131 cm³/mol. The molecule has 1 aromatic heterocycles. The Kier molecular flexibility index (Phi) is 5.97. The Bertz CT molecular complexity index is 1500. The Hall–Kier alpha value is -4.53. The zero-order valence-electron chi connectivity index (χ0n) is 18.8. The molecule has 2 heterocycles. The third-order valence-electron chi connectivity index (χ3n) is 6.38. The number of carbonyl (C=O) groups excluding carboxylic acids is 3. The van der Waals surface area contributed by atoms with Crippen LogP contribution in [0.2, 0.25) is 0 Å². The van der Waals surface area contributed by atoms with Gasteiger partial charge in [-0.05, 0) is 35.7 Å². The van der Waals surface area contributed by atoms with Gasteiger partial charge in [0, 0.05) is 30.0 Å². The first kappa shape index (κ1) is 22.3. The van der Waals surface area contributed by atoms with Crippen molar-refractivity contribution in [3.8, 4) is 0 Å². The highest BCUT2D eigenvalue weighted by Gasteiger charge is 2.29. The molecule has 9 heteroatoms. The third-order valence-corrected chi connectivity index (χ3v) is 6.38. The first-order valence-electron chi connectivity index (χ1n) is 11.4. The van der Waals surface area contributed by atoms with E-state index in [1.54, 1.807) is 29.2 Å². The van der Waals surface area contributed by atoms with Gasteiger partial charge in [-0.1, -0.05) is 54.6 Å². The molecule has 0 spiro atoms. The lowest BCUT2D eigenvalue weighted by molar-refractivity contribution is -0.127. The number of likely N-dealkylation sites (tertiary alicyclic amines) is 1. The van der Waals surface area contributed by atoms with Crippen molar-refractivity contribution in [2.45, 2.75) is 12.8 Å². The van der Waals surface area contributed by atoms with Crippen molar-refractivity contribution >= 4 is 39.3 Å². The summed E-state index contributed by atoms with van der Waals surface area (Å²) in [5.41, 5.74) is 5.10. The molecule has 1 fully saturated rings. The van der Waals surface area contributed by atoms with Gasteiger partial charge in [0.25, 0.3) is 17.4 Å². The molecule has 176 valence electrons. The van der Waals surface area contributed by atoms with Crippen LogP contribution >= 0.6 is 0 Å². The fourth-order valence-electron chi connectivity index (χ4n) is 4.49. The van der Waals surface area contributed by atoms with E-state index in [0.717, 1.165) is 10.8 Å². The fourth-order valence-corrected chi connectivity index (χ4v) is 4.49. The third kappa shape index (κ3) is 4.35. The molecule has 1 saturated heterocycles. The van der Waals surface area contributed by atoms with Gasteiger partial charge in [-0.15, -0.1) is 0 Å². The quantitative estimate of drug-likeness (QED) is 0.398. The number of hydrogen-bond donors (Lipinski definition) is 3. The van der Waals surface area contributed by atoms with Gasteiger partial charge in [0.1, 0.15) is 0 Å². The number of amides is 3. The van der Waals surface area contributed by atoms with E-state index < -0.39 is 11.5 Å². The molecule has 0 radical (unpaired) electrons. The molecule has 3 aromatic carbocycles. The molecule has 0 saturated carbocycles. The average Bonchev–Trinajstić information content (AvgIpc) is 2.91. The Labute approximate surface area is 200 Å². The molecular formula is C26H23N5O4. The topological polar surface area (TPSA) is 124 Å². The van der Waals surface area contributed by atoms with Crippen LogP contribution in [0.25, 0.3) is 21.5 Å². The van der Waals surface area contributed by atoms with Crippen molar-refractivity contribution in [2.75, 3.05) is 13.1 Å². The van der Waals surface area contributed by atoms with Crippen molar-refractivity contribution in [1.29, 1.82) is 0 Å². The second-order valence-corrected chi connectivity index (χ2v) is 8.48. The number of hydrazine groups is 1. The number of fused-ring (bicyclic) bond motifs is 2. The van der Waals surface area contributed by atoms with Crippen molar-refractivity contribution < 1.29 is 14.4 Å². The molecule has 35 heavy (non-hydrogen) atoms. The maximum absolute atomic E-state index is 13.1. The van der Waals surface area contributed by atoms with Crippen molar-refractivity contribution in [3.63, 3.8) is 0 Å². The first-order valence-corrected chi connectivity index (χ1v) is 11.4. The average molecular weight is 470 g/mol. The predicted octanol–water partition coefficient (Wildman–Crippen LogP) is 2.39. The van der Waals surface area contributed by atoms with Crippen molar-refractivity contribution in [2.24, 2.45) is 5.92 Å². The van der Waals surface area contributed by atoms with Gasteiger partial charge in [0.05, 0.1) is 5.39 Å². The maximum Gasteiger partial charge on any atom is 0.290 e. The summed E-state index contributed by atoms with van der Waals surface area (Å²) >= 11 is 0. The van der Waals surface area contributed by atoms with Crippen LogP contribution in [0.5, 0.6) is 0 Å². The van der Waals surface area contributed by atoms with Crippen LogP contribution in [0, 0.1) is 5.92 Å². The Balaban J connectivity index is 1.19. The number of aromatic nitrogens is 2. The van der Waals surface area contributed by atoms with E-state index in [4.69, 9.17) is 0 Å². The SMILES string of the molecule is O=C(NNC(=O)C1CCN(C(=O)c2cccc3ccccc23)CC1)c1n[nH]c(=O)c2ccccc12. The number of hydrogen-bond acceptors (Lipinski definition) is 5. The van der Waals surface area contributed by atoms with Crippen LogP contribution in [0.15, 0.2) is 71.5 Å². The summed E-state index contributed by atoms with van der Waals surface area (Å²) in [6, 6.07) is 20.0. The largest absolute Gasteiger partial charge is 0.339 e. The highest BCUT2D eigenvalue weighted by Crippen LogP contribution is 2.23. The number of rotatable bonds is 3. The lowest BCUT2D eigenvalue weighted by Crippen LogP contribution is -2.48. The number of carbonyl (C=O) groups is 3. The minimum atomic E-state index is -0.630. The zero-order valence-corrected chi connectivity index (χ0v) is 18.8. The summed E-state index contributed by atoms with van der Waals surface area (Å²) in [5.74, 6) is -1.35. The van der Waals surface area contributed by atoms with Gasteiger partial charge in [-0.2, -0.15) is 5.10 Å². The molecule has 3 amide bonds. The Morgan fingerprint density at radius 3 is 2.26 bits per heavy atom. The molecule has 9 nitrogen and oxygen atoms in total. The van der Waals surface area contributed by atoms with E-state index in [1.165, 1.54) is 0 Å². The second-order valence-electron chi connectivity index (χ2n) is 8.48. The molecule has 5 rings (SSSR count). The van der Waals surface area contributed by atoms with Crippen LogP contribution in [0.4, 0.5) is 0 Å². The molecule has 0 aliphatic carbocycles. The summed E-state index contributed by atoms with van der Waals surface area (Å²) in [7, 11) is 0. The Morgan fingerprint density at radius 2 is 1.49 bits per heavy atom. The molecule has 3 N–H and O–H groups in total. The van der Waals surface area contributed by atoms with E-state index in [1.807, 2.05) is 42.5 Å². The normalized spacial score (nSPS) is 14.1. The number of nitrogens with one attached hydrogen (secondary N) is 3. The van der Waals surface area contributed by atoms with Gasteiger partial charge >= 0.3 is 0 Å². The lowest BCUT2D eigenvalue weighted by atomic mass is 9.95. The Morgan fingerprint density at radius 1 is 0.829 bits per heavy atom. The van der Waals surface area contributed by atoms with E-state index in [-0.39, 0.29) is 23.4 Å².